The number of para-hydroxylation sites is 1. The van der Waals surface area contributed by atoms with Crippen LogP contribution in [0.1, 0.15) is 31.2 Å². The summed E-state index contributed by atoms with van der Waals surface area (Å²) in [7, 11) is 0. The number of rotatable bonds is 5. The Morgan fingerprint density at radius 1 is 1.07 bits per heavy atom. The van der Waals surface area contributed by atoms with E-state index in [1.165, 1.54) is 25.7 Å². The average Bonchev–Trinajstić information content (AvgIpc) is 3.29. The van der Waals surface area contributed by atoms with Gasteiger partial charge in [0.1, 0.15) is 0 Å². The maximum Gasteiger partial charge on any atom is 0.246 e. The van der Waals surface area contributed by atoms with Crippen molar-refractivity contribution in [3.63, 3.8) is 0 Å². The first-order valence-electron chi connectivity index (χ1n) is 10.4. The second-order valence-corrected chi connectivity index (χ2v) is 9.01. The number of thioether (sulfide) groups is 1. The van der Waals surface area contributed by atoms with Crippen molar-refractivity contribution < 1.29 is 9.59 Å². The lowest BCUT2D eigenvalue weighted by atomic mass is 10.1. The molecule has 152 valence electrons. The standard InChI is InChI=1S/C23H27N3O2S/c27-22(10-9-18-15-19-5-1-4-8-21(19)24-16-18)25-11-13-26(14-12-25)23(28)17-29-20-6-2-3-7-20/h1,4-5,8-10,15-16,20H,2-3,6-7,11-14,17H2/b10-9+. The quantitative estimate of drug-likeness (QED) is 0.708. The molecule has 2 aromatic rings. The molecule has 0 spiro atoms. The zero-order chi connectivity index (χ0) is 20.1. The number of benzene rings is 1. The van der Waals surface area contributed by atoms with Gasteiger partial charge in [-0.05, 0) is 36.6 Å². The first-order valence-corrected chi connectivity index (χ1v) is 11.4. The second-order valence-electron chi connectivity index (χ2n) is 7.72. The minimum Gasteiger partial charge on any atom is -0.338 e. The number of amides is 2. The molecule has 5 nitrogen and oxygen atoms in total. The molecule has 0 atom stereocenters. The lowest BCUT2D eigenvalue weighted by Gasteiger charge is -2.34. The number of hydrogen-bond donors (Lipinski definition) is 0. The number of carbonyl (C=O) groups excluding carboxylic acids is 2. The summed E-state index contributed by atoms with van der Waals surface area (Å²) in [6, 6.07) is 9.97. The summed E-state index contributed by atoms with van der Waals surface area (Å²) in [5.74, 6) is 0.783. The molecule has 1 aromatic carbocycles. The molecule has 2 heterocycles. The summed E-state index contributed by atoms with van der Waals surface area (Å²) >= 11 is 1.81. The summed E-state index contributed by atoms with van der Waals surface area (Å²) in [5.41, 5.74) is 1.86. The molecular formula is C23H27N3O2S. The van der Waals surface area contributed by atoms with E-state index < -0.39 is 0 Å². The van der Waals surface area contributed by atoms with Gasteiger partial charge in [-0.15, -0.1) is 11.8 Å². The van der Waals surface area contributed by atoms with Gasteiger partial charge < -0.3 is 9.80 Å². The third-order valence-electron chi connectivity index (χ3n) is 5.72. The van der Waals surface area contributed by atoms with Crippen LogP contribution in [0.15, 0.2) is 42.6 Å². The molecule has 0 bridgehead atoms. The maximum absolute atomic E-state index is 12.5. The molecule has 1 aliphatic heterocycles. The topological polar surface area (TPSA) is 53.5 Å². The van der Waals surface area contributed by atoms with E-state index in [9.17, 15) is 9.59 Å². The van der Waals surface area contributed by atoms with Crippen molar-refractivity contribution in [2.75, 3.05) is 31.9 Å². The molecule has 0 unspecified atom stereocenters. The number of pyridine rings is 1. The van der Waals surface area contributed by atoms with Crippen LogP contribution in [0, 0.1) is 0 Å². The lowest BCUT2D eigenvalue weighted by molar-refractivity contribution is -0.135. The van der Waals surface area contributed by atoms with Crippen molar-refractivity contribution in [2.45, 2.75) is 30.9 Å². The van der Waals surface area contributed by atoms with Gasteiger partial charge in [-0.3, -0.25) is 14.6 Å². The summed E-state index contributed by atoms with van der Waals surface area (Å²) in [5, 5.41) is 1.72. The highest BCUT2D eigenvalue weighted by Crippen LogP contribution is 2.29. The van der Waals surface area contributed by atoms with Gasteiger partial charge in [0, 0.05) is 49.1 Å². The normalized spacial score (nSPS) is 18.1. The van der Waals surface area contributed by atoms with Crippen LogP contribution in [-0.2, 0) is 9.59 Å². The molecule has 29 heavy (non-hydrogen) atoms. The number of hydrogen-bond acceptors (Lipinski definition) is 4. The largest absolute Gasteiger partial charge is 0.338 e. The minimum absolute atomic E-state index is 0.00871. The molecule has 1 aliphatic carbocycles. The maximum atomic E-state index is 12.5. The summed E-state index contributed by atoms with van der Waals surface area (Å²) in [4.78, 5) is 33.1. The van der Waals surface area contributed by atoms with Crippen molar-refractivity contribution in [1.29, 1.82) is 0 Å². The van der Waals surface area contributed by atoms with Crippen molar-refractivity contribution in [3.8, 4) is 0 Å². The Balaban J connectivity index is 1.25. The summed E-state index contributed by atoms with van der Waals surface area (Å²) in [6.45, 7) is 2.44. The third-order valence-corrected chi connectivity index (χ3v) is 7.08. The molecule has 6 heteroatoms. The predicted octanol–water partition coefficient (Wildman–Crippen LogP) is 3.59. The van der Waals surface area contributed by atoms with Gasteiger partial charge in [-0.1, -0.05) is 31.0 Å². The van der Waals surface area contributed by atoms with Crippen molar-refractivity contribution >= 4 is 40.6 Å². The van der Waals surface area contributed by atoms with E-state index >= 15 is 0 Å². The first-order chi connectivity index (χ1) is 14.2. The van der Waals surface area contributed by atoms with E-state index in [1.54, 1.807) is 12.3 Å². The number of nitrogens with zero attached hydrogens (tertiary/aromatic N) is 3. The Labute approximate surface area is 176 Å². The SMILES string of the molecule is O=C(/C=C/c1cnc2ccccc2c1)N1CCN(C(=O)CSC2CCCC2)CC1. The number of piperazine rings is 1. The van der Waals surface area contributed by atoms with Crippen LogP contribution in [0.4, 0.5) is 0 Å². The highest BCUT2D eigenvalue weighted by molar-refractivity contribution is 8.00. The summed E-state index contributed by atoms with van der Waals surface area (Å²) in [6.07, 6.45) is 10.3. The van der Waals surface area contributed by atoms with Gasteiger partial charge in [-0.2, -0.15) is 0 Å². The number of fused-ring (bicyclic) bond motifs is 1. The minimum atomic E-state index is -0.00871. The van der Waals surface area contributed by atoms with Crippen LogP contribution in [0.3, 0.4) is 0 Å². The zero-order valence-electron chi connectivity index (χ0n) is 16.6. The number of aromatic nitrogens is 1. The van der Waals surface area contributed by atoms with Crippen LogP contribution in [0.2, 0.25) is 0 Å². The van der Waals surface area contributed by atoms with Gasteiger partial charge in [0.2, 0.25) is 11.8 Å². The monoisotopic (exact) mass is 409 g/mol. The van der Waals surface area contributed by atoms with Crippen molar-refractivity contribution in [1.82, 2.24) is 14.8 Å². The molecule has 2 fully saturated rings. The molecular weight excluding hydrogens is 382 g/mol. The fourth-order valence-electron chi connectivity index (χ4n) is 3.96. The Kier molecular flexibility index (Phi) is 6.49. The fraction of sp³-hybridized carbons (Fsp3) is 0.435. The van der Waals surface area contributed by atoms with Crippen LogP contribution in [0.25, 0.3) is 17.0 Å². The van der Waals surface area contributed by atoms with Crippen molar-refractivity contribution in [3.05, 3.63) is 48.2 Å². The highest BCUT2D eigenvalue weighted by Gasteiger charge is 2.24. The van der Waals surface area contributed by atoms with Gasteiger partial charge in [-0.25, -0.2) is 0 Å². The Morgan fingerprint density at radius 2 is 1.79 bits per heavy atom. The Morgan fingerprint density at radius 3 is 2.59 bits per heavy atom. The third kappa shape index (κ3) is 5.18. The predicted molar refractivity (Wildman–Crippen MR) is 119 cm³/mol. The van der Waals surface area contributed by atoms with Crippen LogP contribution in [-0.4, -0.2) is 63.8 Å². The number of carbonyl (C=O) groups is 2. The van der Waals surface area contributed by atoms with Gasteiger partial charge in [0.15, 0.2) is 0 Å². The average molecular weight is 410 g/mol. The molecule has 2 amide bonds. The van der Waals surface area contributed by atoms with E-state index in [2.05, 4.69) is 4.98 Å². The molecule has 4 rings (SSSR count). The zero-order valence-corrected chi connectivity index (χ0v) is 17.4. The Bertz CT molecular complexity index is 900. The van der Waals surface area contributed by atoms with Crippen LogP contribution >= 0.6 is 11.8 Å². The second kappa shape index (κ2) is 9.44. The molecule has 1 aromatic heterocycles. The highest BCUT2D eigenvalue weighted by atomic mass is 32.2. The van der Waals surface area contributed by atoms with E-state index in [0.717, 1.165) is 16.5 Å². The molecule has 2 aliphatic rings. The van der Waals surface area contributed by atoms with Gasteiger partial charge in [0.25, 0.3) is 0 Å². The molecule has 1 saturated heterocycles. The summed E-state index contributed by atoms with van der Waals surface area (Å²) < 4.78 is 0. The Hall–Kier alpha value is -2.34. The van der Waals surface area contributed by atoms with Gasteiger partial charge >= 0.3 is 0 Å². The van der Waals surface area contributed by atoms with Gasteiger partial charge in [0.05, 0.1) is 11.3 Å². The van der Waals surface area contributed by atoms with Crippen LogP contribution < -0.4 is 0 Å². The molecule has 1 saturated carbocycles. The van der Waals surface area contributed by atoms with Crippen LogP contribution in [0.5, 0.6) is 0 Å². The lowest BCUT2D eigenvalue weighted by Crippen LogP contribution is -2.50. The van der Waals surface area contributed by atoms with Crippen molar-refractivity contribution in [2.24, 2.45) is 0 Å². The molecule has 0 N–H and O–H groups in total. The fourth-order valence-corrected chi connectivity index (χ4v) is 5.19. The van der Waals surface area contributed by atoms with E-state index in [4.69, 9.17) is 0 Å². The smallest absolute Gasteiger partial charge is 0.246 e. The van der Waals surface area contributed by atoms with E-state index in [0.29, 0.717) is 37.2 Å². The molecule has 0 radical (unpaired) electrons. The van der Waals surface area contributed by atoms with E-state index in [1.807, 2.05) is 58.0 Å². The van der Waals surface area contributed by atoms with E-state index in [-0.39, 0.29) is 11.8 Å². The first kappa shape index (κ1) is 20.0.